The SMILES string of the molecule is CCCCC/C=C\CC/C=C\CCCCC(=O)O. The van der Waals surface area contributed by atoms with E-state index in [0.717, 1.165) is 32.1 Å². The number of allylic oxidation sites excluding steroid dienone is 4. The van der Waals surface area contributed by atoms with E-state index in [1.165, 1.54) is 25.7 Å². The van der Waals surface area contributed by atoms with E-state index in [1.54, 1.807) is 0 Å². The fourth-order valence-corrected chi connectivity index (χ4v) is 1.71. The molecule has 0 aliphatic heterocycles. The van der Waals surface area contributed by atoms with E-state index < -0.39 is 5.97 Å². The van der Waals surface area contributed by atoms with Gasteiger partial charge in [-0.1, -0.05) is 44.1 Å². The highest BCUT2D eigenvalue weighted by molar-refractivity contribution is 5.66. The van der Waals surface area contributed by atoms with Gasteiger partial charge in [0.05, 0.1) is 0 Å². The topological polar surface area (TPSA) is 37.3 Å². The molecule has 0 aliphatic rings. The maximum absolute atomic E-state index is 10.3. The van der Waals surface area contributed by atoms with E-state index in [2.05, 4.69) is 31.2 Å². The highest BCUT2D eigenvalue weighted by Crippen LogP contribution is 2.03. The first-order chi connectivity index (χ1) is 8.77. The van der Waals surface area contributed by atoms with Crippen LogP contribution in [0.25, 0.3) is 0 Å². The largest absolute Gasteiger partial charge is 0.481 e. The molecular weight excluding hydrogens is 224 g/mol. The monoisotopic (exact) mass is 252 g/mol. The first-order valence-corrected chi connectivity index (χ1v) is 7.29. The van der Waals surface area contributed by atoms with Gasteiger partial charge in [-0.25, -0.2) is 0 Å². The lowest BCUT2D eigenvalue weighted by atomic mass is 10.1. The summed E-state index contributed by atoms with van der Waals surface area (Å²) in [7, 11) is 0. The van der Waals surface area contributed by atoms with Gasteiger partial charge in [0.15, 0.2) is 0 Å². The third kappa shape index (κ3) is 14.9. The zero-order chi connectivity index (χ0) is 13.5. The summed E-state index contributed by atoms with van der Waals surface area (Å²) in [5.41, 5.74) is 0. The van der Waals surface area contributed by atoms with Crippen LogP contribution in [0.5, 0.6) is 0 Å². The minimum absolute atomic E-state index is 0.300. The minimum Gasteiger partial charge on any atom is -0.481 e. The van der Waals surface area contributed by atoms with Crippen molar-refractivity contribution in [3.63, 3.8) is 0 Å². The summed E-state index contributed by atoms with van der Waals surface area (Å²) in [6.45, 7) is 2.23. The number of aliphatic carboxylic acids is 1. The summed E-state index contributed by atoms with van der Waals surface area (Å²) in [6.07, 6.45) is 19.4. The normalized spacial score (nSPS) is 11.6. The number of hydrogen-bond donors (Lipinski definition) is 1. The third-order valence-electron chi connectivity index (χ3n) is 2.82. The maximum Gasteiger partial charge on any atom is 0.303 e. The molecule has 2 heteroatoms. The van der Waals surface area contributed by atoms with Crippen LogP contribution in [0.1, 0.15) is 71.1 Å². The number of unbranched alkanes of at least 4 members (excludes halogenated alkanes) is 6. The van der Waals surface area contributed by atoms with Crippen LogP contribution in [0.2, 0.25) is 0 Å². The average Bonchev–Trinajstić information content (AvgIpc) is 2.34. The van der Waals surface area contributed by atoms with Crippen LogP contribution in [-0.2, 0) is 4.79 Å². The van der Waals surface area contributed by atoms with E-state index >= 15 is 0 Å². The van der Waals surface area contributed by atoms with Gasteiger partial charge in [-0.05, 0) is 44.9 Å². The number of carboxylic acid groups (broad SMARTS) is 1. The number of carboxylic acids is 1. The van der Waals surface area contributed by atoms with Crippen LogP contribution in [0.4, 0.5) is 0 Å². The van der Waals surface area contributed by atoms with Crippen LogP contribution in [-0.4, -0.2) is 11.1 Å². The highest BCUT2D eigenvalue weighted by atomic mass is 16.4. The van der Waals surface area contributed by atoms with Crippen molar-refractivity contribution in [3.8, 4) is 0 Å². The maximum atomic E-state index is 10.3. The lowest BCUT2D eigenvalue weighted by molar-refractivity contribution is -0.137. The number of rotatable bonds is 12. The zero-order valence-corrected chi connectivity index (χ0v) is 11.7. The van der Waals surface area contributed by atoms with Crippen LogP contribution in [0, 0.1) is 0 Å². The summed E-state index contributed by atoms with van der Waals surface area (Å²) in [5, 5.41) is 8.47. The second-order valence-electron chi connectivity index (χ2n) is 4.66. The van der Waals surface area contributed by atoms with Crippen molar-refractivity contribution in [2.75, 3.05) is 0 Å². The molecule has 0 aromatic carbocycles. The van der Waals surface area contributed by atoms with Crippen molar-refractivity contribution in [3.05, 3.63) is 24.3 Å². The number of hydrogen-bond acceptors (Lipinski definition) is 1. The van der Waals surface area contributed by atoms with E-state index in [9.17, 15) is 4.79 Å². The Labute approximate surface area is 112 Å². The summed E-state index contributed by atoms with van der Waals surface area (Å²) >= 11 is 0. The van der Waals surface area contributed by atoms with E-state index in [-0.39, 0.29) is 0 Å². The summed E-state index contributed by atoms with van der Waals surface area (Å²) in [5.74, 6) is -0.688. The Kier molecular flexibility index (Phi) is 13.2. The molecule has 0 atom stereocenters. The molecule has 1 N–H and O–H groups in total. The smallest absolute Gasteiger partial charge is 0.303 e. The minimum atomic E-state index is -0.688. The van der Waals surface area contributed by atoms with E-state index in [1.807, 2.05) is 0 Å². The Morgan fingerprint density at radius 1 is 0.833 bits per heavy atom. The predicted octanol–water partition coefficient (Wildman–Crippen LogP) is 5.10. The molecule has 0 aliphatic carbocycles. The Morgan fingerprint density at radius 2 is 1.33 bits per heavy atom. The fraction of sp³-hybridized carbons (Fsp3) is 0.688. The molecule has 0 aromatic heterocycles. The Balaban J connectivity index is 3.20. The van der Waals surface area contributed by atoms with Gasteiger partial charge in [-0.3, -0.25) is 4.79 Å². The van der Waals surface area contributed by atoms with Gasteiger partial charge in [-0.2, -0.15) is 0 Å². The van der Waals surface area contributed by atoms with Gasteiger partial charge in [-0.15, -0.1) is 0 Å². The lowest BCUT2D eigenvalue weighted by Crippen LogP contribution is -1.92. The molecule has 2 nitrogen and oxygen atoms in total. The van der Waals surface area contributed by atoms with Crippen LogP contribution in [0.3, 0.4) is 0 Å². The van der Waals surface area contributed by atoms with Crippen LogP contribution in [0.15, 0.2) is 24.3 Å². The quantitative estimate of drug-likeness (QED) is 0.387. The molecule has 0 saturated heterocycles. The zero-order valence-electron chi connectivity index (χ0n) is 11.7. The summed E-state index contributed by atoms with van der Waals surface area (Å²) < 4.78 is 0. The van der Waals surface area contributed by atoms with Crippen LogP contribution >= 0.6 is 0 Å². The van der Waals surface area contributed by atoms with Crippen molar-refractivity contribution in [2.24, 2.45) is 0 Å². The van der Waals surface area contributed by atoms with Gasteiger partial charge in [0.25, 0.3) is 0 Å². The fourth-order valence-electron chi connectivity index (χ4n) is 1.71. The first-order valence-electron chi connectivity index (χ1n) is 7.29. The van der Waals surface area contributed by atoms with Crippen LogP contribution < -0.4 is 0 Å². The molecule has 0 saturated carbocycles. The second kappa shape index (κ2) is 14.0. The van der Waals surface area contributed by atoms with Crippen molar-refractivity contribution >= 4 is 5.97 Å². The van der Waals surface area contributed by atoms with Gasteiger partial charge < -0.3 is 5.11 Å². The number of carbonyl (C=O) groups is 1. The molecule has 0 fully saturated rings. The molecule has 0 spiro atoms. The van der Waals surface area contributed by atoms with E-state index in [4.69, 9.17) is 5.11 Å². The molecule has 0 radical (unpaired) electrons. The lowest BCUT2D eigenvalue weighted by Gasteiger charge is -1.93. The standard InChI is InChI=1S/C16H28O2/c1-2-3-4-5-6-7-8-9-10-11-12-13-14-15-16(17)18/h6-7,10-11H,2-5,8-9,12-15H2,1H3,(H,17,18)/b7-6-,11-10-. The molecule has 0 heterocycles. The molecule has 0 aromatic rings. The summed E-state index contributed by atoms with van der Waals surface area (Å²) in [4.78, 5) is 10.3. The molecule has 0 amide bonds. The molecule has 18 heavy (non-hydrogen) atoms. The average molecular weight is 252 g/mol. The molecule has 0 rings (SSSR count). The van der Waals surface area contributed by atoms with Gasteiger partial charge in [0.1, 0.15) is 0 Å². The predicted molar refractivity (Wildman–Crippen MR) is 77.8 cm³/mol. The molecular formula is C16H28O2. The third-order valence-corrected chi connectivity index (χ3v) is 2.82. The van der Waals surface area contributed by atoms with Crippen molar-refractivity contribution in [1.82, 2.24) is 0 Å². The Morgan fingerprint density at radius 3 is 1.83 bits per heavy atom. The van der Waals surface area contributed by atoms with Crippen molar-refractivity contribution in [1.29, 1.82) is 0 Å². The van der Waals surface area contributed by atoms with Crippen molar-refractivity contribution < 1.29 is 9.90 Å². The van der Waals surface area contributed by atoms with E-state index in [0.29, 0.717) is 6.42 Å². The van der Waals surface area contributed by atoms with Gasteiger partial charge in [0, 0.05) is 6.42 Å². The van der Waals surface area contributed by atoms with Gasteiger partial charge >= 0.3 is 5.97 Å². The Hall–Kier alpha value is -1.05. The van der Waals surface area contributed by atoms with Crippen molar-refractivity contribution in [2.45, 2.75) is 71.1 Å². The second-order valence-corrected chi connectivity index (χ2v) is 4.66. The van der Waals surface area contributed by atoms with Gasteiger partial charge in [0.2, 0.25) is 0 Å². The molecule has 104 valence electrons. The highest BCUT2D eigenvalue weighted by Gasteiger charge is 1.93. The molecule has 0 bridgehead atoms. The summed E-state index contributed by atoms with van der Waals surface area (Å²) in [6, 6.07) is 0. The first kappa shape index (κ1) is 16.9. The molecule has 0 unspecified atom stereocenters. The Bertz CT molecular complexity index is 241.